The summed E-state index contributed by atoms with van der Waals surface area (Å²) in [6, 6.07) is 0. The molecule has 0 fully saturated rings. The van der Waals surface area contributed by atoms with Crippen molar-refractivity contribution in [2.75, 3.05) is 32.7 Å². The van der Waals surface area contributed by atoms with Crippen LogP contribution in [0.3, 0.4) is 0 Å². The summed E-state index contributed by atoms with van der Waals surface area (Å²) in [4.78, 5) is 10.8. The van der Waals surface area contributed by atoms with Gasteiger partial charge < -0.3 is 22.1 Å². The van der Waals surface area contributed by atoms with Crippen LogP contribution in [0.4, 0.5) is 0 Å². The lowest BCUT2D eigenvalue weighted by atomic mass is 10.4. The lowest BCUT2D eigenvalue weighted by Gasteiger charge is -2.04. The summed E-state index contributed by atoms with van der Waals surface area (Å²) < 4.78 is 0. The van der Waals surface area contributed by atoms with Gasteiger partial charge in [0.1, 0.15) is 0 Å². The Labute approximate surface area is 72.9 Å². The van der Waals surface area contributed by atoms with Gasteiger partial charge >= 0.3 is 0 Å². The van der Waals surface area contributed by atoms with Gasteiger partial charge in [0.25, 0.3) is 0 Å². The summed E-state index contributed by atoms with van der Waals surface area (Å²) >= 11 is 0. The maximum Gasteiger partial charge on any atom is 0.221 e. The van der Waals surface area contributed by atoms with Crippen LogP contribution in [0.1, 0.15) is 6.42 Å². The Bertz CT molecular complexity index is 118. The molecule has 0 aliphatic heterocycles. The fourth-order valence-corrected chi connectivity index (χ4v) is 0.737. The van der Waals surface area contributed by atoms with Crippen LogP contribution in [-0.2, 0) is 4.79 Å². The second-order valence-corrected chi connectivity index (χ2v) is 2.43. The van der Waals surface area contributed by atoms with Gasteiger partial charge in [-0.15, -0.1) is 0 Å². The van der Waals surface area contributed by atoms with Crippen molar-refractivity contribution < 1.29 is 4.79 Å². The normalized spacial score (nSPS) is 9.83. The van der Waals surface area contributed by atoms with E-state index in [9.17, 15) is 4.79 Å². The molecule has 0 aromatic heterocycles. The minimum absolute atomic E-state index is 0.00653. The van der Waals surface area contributed by atoms with Crippen molar-refractivity contribution in [1.82, 2.24) is 10.6 Å². The summed E-state index contributed by atoms with van der Waals surface area (Å²) in [6.07, 6.45) is 0.400. The van der Waals surface area contributed by atoms with Gasteiger partial charge in [-0.25, -0.2) is 0 Å². The number of carbonyl (C=O) groups is 1. The molecule has 0 unspecified atom stereocenters. The summed E-state index contributed by atoms with van der Waals surface area (Å²) in [5.74, 6) is 0.00653. The summed E-state index contributed by atoms with van der Waals surface area (Å²) in [5, 5.41) is 5.78. The molecule has 0 bridgehead atoms. The van der Waals surface area contributed by atoms with Gasteiger partial charge in [-0.05, 0) is 0 Å². The number of nitrogens with two attached hydrogens (primary N) is 2. The number of nitrogens with one attached hydrogen (secondary N) is 2. The number of hydrogen-bond acceptors (Lipinski definition) is 4. The Morgan fingerprint density at radius 3 is 2.42 bits per heavy atom. The van der Waals surface area contributed by atoms with Gasteiger partial charge in [0.15, 0.2) is 0 Å². The van der Waals surface area contributed by atoms with E-state index in [4.69, 9.17) is 11.5 Å². The molecule has 0 radical (unpaired) electrons. The Morgan fingerprint density at radius 1 is 1.08 bits per heavy atom. The highest BCUT2D eigenvalue weighted by atomic mass is 16.1. The van der Waals surface area contributed by atoms with Crippen LogP contribution in [0.5, 0.6) is 0 Å². The van der Waals surface area contributed by atoms with Crippen LogP contribution in [0.25, 0.3) is 0 Å². The molecule has 5 heteroatoms. The smallest absolute Gasteiger partial charge is 0.221 e. The van der Waals surface area contributed by atoms with E-state index in [-0.39, 0.29) is 5.91 Å². The van der Waals surface area contributed by atoms with E-state index >= 15 is 0 Å². The fraction of sp³-hybridized carbons (Fsp3) is 0.857. The number of amides is 1. The first kappa shape index (κ1) is 11.4. The Morgan fingerprint density at radius 2 is 1.83 bits per heavy atom. The molecular formula is C7H18N4O. The third kappa shape index (κ3) is 7.46. The standard InChI is InChI=1S/C7H18N4O/c8-2-1-7(12)11-6-5-10-4-3-9/h10H,1-6,8-9H2,(H,11,12). The molecule has 0 aromatic carbocycles. The second-order valence-electron chi connectivity index (χ2n) is 2.43. The van der Waals surface area contributed by atoms with Crippen molar-refractivity contribution in [2.45, 2.75) is 6.42 Å². The van der Waals surface area contributed by atoms with Crippen LogP contribution in [0, 0.1) is 0 Å². The van der Waals surface area contributed by atoms with Gasteiger partial charge in [-0.1, -0.05) is 0 Å². The SMILES string of the molecule is NCCNCCNC(=O)CCN. The largest absolute Gasteiger partial charge is 0.355 e. The Balaban J connectivity index is 3.03. The van der Waals surface area contributed by atoms with Crippen molar-refractivity contribution in [3.05, 3.63) is 0 Å². The lowest BCUT2D eigenvalue weighted by Crippen LogP contribution is -2.34. The summed E-state index contributed by atoms with van der Waals surface area (Å²) in [6.45, 7) is 3.21. The monoisotopic (exact) mass is 174 g/mol. The van der Waals surface area contributed by atoms with Gasteiger partial charge in [0.2, 0.25) is 5.91 Å². The van der Waals surface area contributed by atoms with Crippen molar-refractivity contribution in [3.8, 4) is 0 Å². The van der Waals surface area contributed by atoms with Crippen molar-refractivity contribution in [2.24, 2.45) is 11.5 Å². The first-order chi connectivity index (χ1) is 5.81. The molecule has 12 heavy (non-hydrogen) atoms. The van der Waals surface area contributed by atoms with Gasteiger partial charge in [-0.2, -0.15) is 0 Å². The van der Waals surface area contributed by atoms with Gasteiger partial charge in [0.05, 0.1) is 0 Å². The van der Waals surface area contributed by atoms with Crippen LogP contribution < -0.4 is 22.1 Å². The van der Waals surface area contributed by atoms with E-state index in [2.05, 4.69) is 10.6 Å². The van der Waals surface area contributed by atoms with E-state index in [1.165, 1.54) is 0 Å². The highest BCUT2D eigenvalue weighted by Crippen LogP contribution is 1.72. The van der Waals surface area contributed by atoms with E-state index in [0.717, 1.165) is 13.1 Å². The minimum Gasteiger partial charge on any atom is -0.355 e. The highest BCUT2D eigenvalue weighted by Gasteiger charge is 1.96. The predicted octanol–water partition coefficient (Wildman–Crippen LogP) is -2.00. The molecule has 0 aliphatic rings. The van der Waals surface area contributed by atoms with Crippen molar-refractivity contribution >= 4 is 5.91 Å². The molecule has 5 nitrogen and oxygen atoms in total. The minimum atomic E-state index is 0.00653. The zero-order valence-electron chi connectivity index (χ0n) is 7.31. The predicted molar refractivity (Wildman–Crippen MR) is 48.6 cm³/mol. The lowest BCUT2D eigenvalue weighted by molar-refractivity contribution is -0.120. The fourth-order valence-electron chi connectivity index (χ4n) is 0.737. The third-order valence-electron chi connectivity index (χ3n) is 1.32. The van der Waals surface area contributed by atoms with E-state index in [0.29, 0.717) is 26.1 Å². The molecule has 0 aliphatic carbocycles. The molecule has 0 heterocycles. The molecule has 72 valence electrons. The molecule has 0 atom stereocenters. The van der Waals surface area contributed by atoms with Crippen molar-refractivity contribution in [1.29, 1.82) is 0 Å². The molecule has 0 spiro atoms. The Kier molecular flexibility index (Phi) is 7.99. The maximum absolute atomic E-state index is 10.8. The molecule has 0 saturated carbocycles. The molecule has 1 amide bonds. The zero-order chi connectivity index (χ0) is 9.23. The molecule has 0 aromatic rings. The second kappa shape index (κ2) is 8.45. The molecule has 0 rings (SSSR count). The average Bonchev–Trinajstić information content (AvgIpc) is 2.05. The topological polar surface area (TPSA) is 93.2 Å². The number of rotatable bonds is 7. The van der Waals surface area contributed by atoms with E-state index in [1.54, 1.807) is 0 Å². The van der Waals surface area contributed by atoms with Gasteiger partial charge in [0, 0.05) is 39.1 Å². The average molecular weight is 174 g/mol. The van der Waals surface area contributed by atoms with Crippen LogP contribution in [-0.4, -0.2) is 38.6 Å². The molecule has 6 N–H and O–H groups in total. The first-order valence-corrected chi connectivity index (χ1v) is 4.18. The first-order valence-electron chi connectivity index (χ1n) is 4.18. The number of hydrogen-bond donors (Lipinski definition) is 4. The molecule has 0 saturated heterocycles. The van der Waals surface area contributed by atoms with Crippen molar-refractivity contribution in [3.63, 3.8) is 0 Å². The summed E-state index contributed by atoms with van der Waals surface area (Å²) in [5.41, 5.74) is 10.4. The number of carbonyl (C=O) groups excluding carboxylic acids is 1. The maximum atomic E-state index is 10.8. The van der Waals surface area contributed by atoms with Crippen LogP contribution in [0.15, 0.2) is 0 Å². The summed E-state index contributed by atoms with van der Waals surface area (Å²) in [7, 11) is 0. The van der Waals surface area contributed by atoms with E-state index in [1.807, 2.05) is 0 Å². The van der Waals surface area contributed by atoms with Crippen LogP contribution >= 0.6 is 0 Å². The zero-order valence-corrected chi connectivity index (χ0v) is 7.31. The van der Waals surface area contributed by atoms with Crippen LogP contribution in [0.2, 0.25) is 0 Å². The quantitative estimate of drug-likeness (QED) is 0.336. The van der Waals surface area contributed by atoms with Gasteiger partial charge in [-0.3, -0.25) is 4.79 Å². The third-order valence-corrected chi connectivity index (χ3v) is 1.32. The highest BCUT2D eigenvalue weighted by molar-refractivity contribution is 5.75. The molecular weight excluding hydrogens is 156 g/mol. The Hall–Kier alpha value is -0.650. The van der Waals surface area contributed by atoms with E-state index < -0.39 is 0 Å².